The Kier molecular flexibility index (Phi) is 6.63. The molecule has 4 heteroatoms. The number of ether oxygens (including phenoxy) is 1. The van der Waals surface area contributed by atoms with Gasteiger partial charge in [-0.25, -0.2) is 0 Å². The molecular weight excluding hydrogens is 244 g/mol. The summed E-state index contributed by atoms with van der Waals surface area (Å²) in [4.78, 5) is 0. The van der Waals surface area contributed by atoms with Gasteiger partial charge in [0.1, 0.15) is 11.8 Å². The Morgan fingerprint density at radius 3 is 2.89 bits per heavy atom. The van der Waals surface area contributed by atoms with Crippen LogP contribution >= 0.6 is 11.8 Å². The number of hydrogen-bond donors (Lipinski definition) is 1. The fourth-order valence-corrected chi connectivity index (χ4v) is 2.22. The number of nitrogens with one attached hydrogen (secondary N) is 1. The second-order valence-electron chi connectivity index (χ2n) is 4.21. The molecule has 1 aromatic rings. The molecule has 1 aromatic carbocycles. The molecule has 0 fully saturated rings. The fourth-order valence-electron chi connectivity index (χ4n) is 1.63. The van der Waals surface area contributed by atoms with Crippen LogP contribution in [0.25, 0.3) is 0 Å². The highest BCUT2D eigenvalue weighted by Gasteiger charge is 2.05. The first-order valence-corrected chi connectivity index (χ1v) is 7.40. The van der Waals surface area contributed by atoms with Crippen molar-refractivity contribution in [2.24, 2.45) is 0 Å². The quantitative estimate of drug-likeness (QED) is 0.822. The minimum absolute atomic E-state index is 0.499. The maximum Gasteiger partial charge on any atom is 0.136 e. The van der Waals surface area contributed by atoms with E-state index in [0.29, 0.717) is 17.4 Å². The topological polar surface area (TPSA) is 45.0 Å². The molecule has 1 N–H and O–H groups in total. The van der Waals surface area contributed by atoms with Crippen molar-refractivity contribution in [3.8, 4) is 11.8 Å². The van der Waals surface area contributed by atoms with Gasteiger partial charge in [0, 0.05) is 12.6 Å². The first-order valence-electron chi connectivity index (χ1n) is 6.00. The first kappa shape index (κ1) is 14.9. The molecule has 0 saturated heterocycles. The molecule has 18 heavy (non-hydrogen) atoms. The average Bonchev–Trinajstić information content (AvgIpc) is 2.42. The van der Waals surface area contributed by atoms with Crippen molar-refractivity contribution in [1.29, 1.82) is 5.26 Å². The number of nitriles is 1. The van der Waals surface area contributed by atoms with E-state index in [2.05, 4.69) is 24.6 Å². The summed E-state index contributed by atoms with van der Waals surface area (Å²) >= 11 is 1.87. The van der Waals surface area contributed by atoms with Crippen LogP contribution in [-0.4, -0.2) is 25.2 Å². The second-order valence-corrected chi connectivity index (χ2v) is 5.20. The van der Waals surface area contributed by atoms with E-state index in [4.69, 9.17) is 10.00 Å². The van der Waals surface area contributed by atoms with E-state index in [1.165, 1.54) is 5.75 Å². The minimum Gasteiger partial charge on any atom is -0.495 e. The molecule has 0 heterocycles. The van der Waals surface area contributed by atoms with Gasteiger partial charge >= 0.3 is 0 Å². The number of hydrogen-bond acceptors (Lipinski definition) is 4. The summed E-state index contributed by atoms with van der Waals surface area (Å²) in [6, 6.07) is 8.32. The molecule has 0 amide bonds. The van der Waals surface area contributed by atoms with E-state index in [1.807, 2.05) is 30.0 Å². The summed E-state index contributed by atoms with van der Waals surface area (Å²) in [5, 5.41) is 12.4. The summed E-state index contributed by atoms with van der Waals surface area (Å²) in [6.45, 7) is 2.99. The van der Waals surface area contributed by atoms with Gasteiger partial charge in [0.15, 0.2) is 0 Å². The van der Waals surface area contributed by atoms with Crippen LogP contribution < -0.4 is 10.1 Å². The van der Waals surface area contributed by atoms with Crippen molar-refractivity contribution in [2.45, 2.75) is 25.9 Å². The molecule has 1 unspecified atom stereocenters. The Morgan fingerprint density at radius 2 is 2.28 bits per heavy atom. The molecule has 0 aliphatic rings. The van der Waals surface area contributed by atoms with Crippen molar-refractivity contribution in [2.75, 3.05) is 19.1 Å². The normalized spacial score (nSPS) is 11.9. The predicted octanol–water partition coefficient (Wildman–Crippen LogP) is 2.80. The van der Waals surface area contributed by atoms with Gasteiger partial charge in [-0.05, 0) is 43.0 Å². The number of methoxy groups -OCH3 is 1. The molecule has 1 atom stereocenters. The largest absolute Gasteiger partial charge is 0.495 e. The summed E-state index contributed by atoms with van der Waals surface area (Å²) in [5.41, 5.74) is 1.72. The Labute approximate surface area is 114 Å². The Morgan fingerprint density at radius 1 is 1.50 bits per heavy atom. The highest BCUT2D eigenvalue weighted by molar-refractivity contribution is 7.98. The molecule has 3 nitrogen and oxygen atoms in total. The molecule has 0 bridgehead atoms. The van der Waals surface area contributed by atoms with E-state index in [9.17, 15) is 0 Å². The average molecular weight is 264 g/mol. The molecule has 0 saturated carbocycles. The second kappa shape index (κ2) is 8.02. The highest BCUT2D eigenvalue weighted by Crippen LogP contribution is 2.19. The van der Waals surface area contributed by atoms with E-state index in [1.54, 1.807) is 7.11 Å². The van der Waals surface area contributed by atoms with Gasteiger partial charge in [0.25, 0.3) is 0 Å². The zero-order valence-corrected chi connectivity index (χ0v) is 12.0. The van der Waals surface area contributed by atoms with Crippen LogP contribution in [-0.2, 0) is 6.54 Å². The van der Waals surface area contributed by atoms with Crippen LogP contribution in [0.5, 0.6) is 5.75 Å². The summed E-state index contributed by atoms with van der Waals surface area (Å²) < 4.78 is 5.19. The Balaban J connectivity index is 2.55. The van der Waals surface area contributed by atoms with Gasteiger partial charge in [0.05, 0.1) is 12.7 Å². The lowest BCUT2D eigenvalue weighted by molar-refractivity contribution is 0.412. The van der Waals surface area contributed by atoms with Crippen LogP contribution in [0.1, 0.15) is 24.5 Å². The molecule has 0 radical (unpaired) electrons. The van der Waals surface area contributed by atoms with E-state index in [0.717, 1.165) is 18.5 Å². The van der Waals surface area contributed by atoms with Crippen LogP contribution in [0.15, 0.2) is 18.2 Å². The Hall–Kier alpha value is -1.18. The number of rotatable bonds is 7. The van der Waals surface area contributed by atoms with Crippen molar-refractivity contribution in [1.82, 2.24) is 5.32 Å². The van der Waals surface area contributed by atoms with Gasteiger partial charge < -0.3 is 10.1 Å². The summed E-state index contributed by atoms with van der Waals surface area (Å²) in [5.74, 6) is 1.82. The molecular formula is C14H20N2OS. The maximum absolute atomic E-state index is 8.91. The van der Waals surface area contributed by atoms with E-state index in [-0.39, 0.29) is 0 Å². The molecule has 0 aromatic heterocycles. The number of benzene rings is 1. The van der Waals surface area contributed by atoms with Crippen LogP contribution in [0.3, 0.4) is 0 Å². The maximum atomic E-state index is 8.91. The van der Waals surface area contributed by atoms with E-state index >= 15 is 0 Å². The first-order chi connectivity index (χ1) is 8.71. The monoisotopic (exact) mass is 264 g/mol. The summed E-state index contributed by atoms with van der Waals surface area (Å²) in [6.07, 6.45) is 3.28. The number of thioether (sulfide) groups is 1. The molecule has 0 aliphatic carbocycles. The lowest BCUT2D eigenvalue weighted by Crippen LogP contribution is -2.25. The summed E-state index contributed by atoms with van der Waals surface area (Å²) in [7, 11) is 1.59. The van der Waals surface area contributed by atoms with Gasteiger partial charge in [-0.2, -0.15) is 17.0 Å². The van der Waals surface area contributed by atoms with Crippen LogP contribution in [0.4, 0.5) is 0 Å². The fraction of sp³-hybridized carbons (Fsp3) is 0.500. The van der Waals surface area contributed by atoms with Gasteiger partial charge in [-0.15, -0.1) is 0 Å². The van der Waals surface area contributed by atoms with Gasteiger partial charge in [0.2, 0.25) is 0 Å². The molecule has 98 valence electrons. The van der Waals surface area contributed by atoms with Gasteiger partial charge in [-0.1, -0.05) is 6.07 Å². The SMILES string of the molecule is COc1cc(CNC(C)CCSC)ccc1C#N. The Bertz CT molecular complexity index is 415. The van der Waals surface area contributed by atoms with Crippen molar-refractivity contribution < 1.29 is 4.74 Å². The smallest absolute Gasteiger partial charge is 0.136 e. The molecule has 0 aliphatic heterocycles. The lowest BCUT2D eigenvalue weighted by Gasteiger charge is -2.13. The molecule has 0 spiro atoms. The third-order valence-electron chi connectivity index (χ3n) is 2.80. The van der Waals surface area contributed by atoms with Crippen molar-refractivity contribution in [3.63, 3.8) is 0 Å². The van der Waals surface area contributed by atoms with Crippen molar-refractivity contribution in [3.05, 3.63) is 29.3 Å². The minimum atomic E-state index is 0.499. The lowest BCUT2D eigenvalue weighted by atomic mass is 10.1. The zero-order valence-electron chi connectivity index (χ0n) is 11.2. The highest BCUT2D eigenvalue weighted by atomic mass is 32.2. The van der Waals surface area contributed by atoms with Crippen LogP contribution in [0, 0.1) is 11.3 Å². The third-order valence-corrected chi connectivity index (χ3v) is 3.44. The predicted molar refractivity (Wildman–Crippen MR) is 77.0 cm³/mol. The van der Waals surface area contributed by atoms with E-state index < -0.39 is 0 Å². The van der Waals surface area contributed by atoms with Crippen LogP contribution in [0.2, 0.25) is 0 Å². The zero-order chi connectivity index (χ0) is 13.4. The number of nitrogens with zero attached hydrogens (tertiary/aromatic N) is 1. The third kappa shape index (κ3) is 4.59. The standard InChI is InChI=1S/C14H20N2OS/c1-11(6-7-18-3)16-10-12-4-5-13(9-15)14(8-12)17-2/h4-5,8,11,16H,6-7,10H2,1-3H3. The van der Waals surface area contributed by atoms with Gasteiger partial charge in [-0.3, -0.25) is 0 Å². The molecule has 1 rings (SSSR count). The van der Waals surface area contributed by atoms with Crippen molar-refractivity contribution >= 4 is 11.8 Å².